The lowest BCUT2D eigenvalue weighted by Crippen LogP contribution is -2.43. The summed E-state index contributed by atoms with van der Waals surface area (Å²) in [7, 11) is 0. The summed E-state index contributed by atoms with van der Waals surface area (Å²) in [5, 5.41) is 12.7. The third kappa shape index (κ3) is 5.36. The molecule has 1 saturated heterocycles. The van der Waals surface area contributed by atoms with Gasteiger partial charge >= 0.3 is 0 Å². The van der Waals surface area contributed by atoms with Crippen LogP contribution >= 0.6 is 0 Å². The fourth-order valence-corrected chi connectivity index (χ4v) is 2.19. The smallest absolute Gasteiger partial charge is 0.222 e. The molecule has 0 spiro atoms. The van der Waals surface area contributed by atoms with E-state index in [-0.39, 0.29) is 11.8 Å². The summed E-state index contributed by atoms with van der Waals surface area (Å²) in [5.41, 5.74) is 0. The standard InChI is InChI=1S/C14H28N2O2/c1-4-12(3)14(18)15-9-13(17)10-16-7-5-11(2)6-8-16/h11-13,17H,4-10H2,1-3H3,(H,15,18). The predicted molar refractivity (Wildman–Crippen MR) is 73.3 cm³/mol. The number of aliphatic hydroxyl groups excluding tert-OH is 1. The van der Waals surface area contributed by atoms with Gasteiger partial charge in [-0.05, 0) is 38.3 Å². The quantitative estimate of drug-likeness (QED) is 0.752. The van der Waals surface area contributed by atoms with E-state index in [4.69, 9.17) is 0 Å². The first-order valence-electron chi connectivity index (χ1n) is 7.21. The second kappa shape index (κ2) is 7.74. The van der Waals surface area contributed by atoms with Crippen molar-refractivity contribution in [3.05, 3.63) is 0 Å². The van der Waals surface area contributed by atoms with Gasteiger partial charge in [-0.25, -0.2) is 0 Å². The molecule has 4 nitrogen and oxygen atoms in total. The number of rotatable bonds is 6. The van der Waals surface area contributed by atoms with Gasteiger partial charge in [-0.15, -0.1) is 0 Å². The van der Waals surface area contributed by atoms with E-state index >= 15 is 0 Å². The van der Waals surface area contributed by atoms with Gasteiger partial charge in [0.25, 0.3) is 0 Å². The Morgan fingerprint density at radius 2 is 2.06 bits per heavy atom. The van der Waals surface area contributed by atoms with E-state index in [1.165, 1.54) is 12.8 Å². The summed E-state index contributed by atoms with van der Waals surface area (Å²) in [6, 6.07) is 0. The highest BCUT2D eigenvalue weighted by atomic mass is 16.3. The van der Waals surface area contributed by atoms with E-state index in [2.05, 4.69) is 17.1 Å². The Labute approximate surface area is 111 Å². The summed E-state index contributed by atoms with van der Waals surface area (Å²) in [5.74, 6) is 0.889. The van der Waals surface area contributed by atoms with Crippen molar-refractivity contribution in [1.82, 2.24) is 10.2 Å². The van der Waals surface area contributed by atoms with Gasteiger partial charge in [0.2, 0.25) is 5.91 Å². The number of β-amino-alcohol motifs (C(OH)–C–C–N with tert-alkyl or cyclic N) is 1. The summed E-state index contributed by atoms with van der Waals surface area (Å²) >= 11 is 0. The van der Waals surface area contributed by atoms with Crippen LogP contribution in [0.4, 0.5) is 0 Å². The highest BCUT2D eigenvalue weighted by Gasteiger charge is 2.19. The van der Waals surface area contributed by atoms with Gasteiger partial charge < -0.3 is 15.3 Å². The van der Waals surface area contributed by atoms with Crippen molar-refractivity contribution in [3.63, 3.8) is 0 Å². The number of aliphatic hydroxyl groups is 1. The molecular formula is C14H28N2O2. The normalized spacial score (nSPS) is 21.6. The Bertz CT molecular complexity index is 250. The Hall–Kier alpha value is -0.610. The molecule has 0 saturated carbocycles. The number of amides is 1. The van der Waals surface area contributed by atoms with Gasteiger partial charge in [-0.3, -0.25) is 4.79 Å². The lowest BCUT2D eigenvalue weighted by atomic mass is 9.99. The largest absolute Gasteiger partial charge is 0.390 e. The lowest BCUT2D eigenvalue weighted by Gasteiger charge is -2.31. The minimum absolute atomic E-state index is 0.0352. The molecule has 0 aliphatic carbocycles. The van der Waals surface area contributed by atoms with Crippen LogP contribution in [0.2, 0.25) is 0 Å². The van der Waals surface area contributed by atoms with Crippen molar-refractivity contribution < 1.29 is 9.90 Å². The van der Waals surface area contributed by atoms with Crippen LogP contribution < -0.4 is 5.32 Å². The van der Waals surface area contributed by atoms with E-state index in [1.54, 1.807) is 0 Å². The molecule has 1 heterocycles. The van der Waals surface area contributed by atoms with Crippen molar-refractivity contribution in [1.29, 1.82) is 0 Å². The molecular weight excluding hydrogens is 228 g/mol. The highest BCUT2D eigenvalue weighted by Crippen LogP contribution is 2.15. The molecule has 4 heteroatoms. The van der Waals surface area contributed by atoms with Crippen LogP contribution in [-0.4, -0.2) is 48.2 Å². The monoisotopic (exact) mass is 256 g/mol. The molecule has 0 aromatic carbocycles. The van der Waals surface area contributed by atoms with Crippen molar-refractivity contribution in [2.45, 2.75) is 46.1 Å². The van der Waals surface area contributed by atoms with Gasteiger partial charge in [-0.1, -0.05) is 20.8 Å². The van der Waals surface area contributed by atoms with Crippen LogP contribution in [0.3, 0.4) is 0 Å². The Balaban J connectivity index is 2.17. The zero-order valence-electron chi connectivity index (χ0n) is 12.0. The molecule has 2 atom stereocenters. The van der Waals surface area contributed by atoms with E-state index in [0.29, 0.717) is 13.1 Å². The first kappa shape index (κ1) is 15.4. The third-order valence-corrected chi connectivity index (χ3v) is 3.92. The maximum absolute atomic E-state index is 11.6. The molecule has 1 aliphatic heterocycles. The molecule has 0 aromatic rings. The zero-order chi connectivity index (χ0) is 13.5. The molecule has 1 aliphatic rings. The van der Waals surface area contributed by atoms with Crippen LogP contribution in [0.25, 0.3) is 0 Å². The molecule has 2 N–H and O–H groups in total. The van der Waals surface area contributed by atoms with Crippen molar-refractivity contribution in [2.24, 2.45) is 11.8 Å². The number of nitrogens with one attached hydrogen (secondary N) is 1. The molecule has 18 heavy (non-hydrogen) atoms. The van der Waals surface area contributed by atoms with Crippen LogP contribution in [0.5, 0.6) is 0 Å². The topological polar surface area (TPSA) is 52.6 Å². The van der Waals surface area contributed by atoms with E-state index < -0.39 is 6.10 Å². The van der Waals surface area contributed by atoms with E-state index in [9.17, 15) is 9.90 Å². The fraction of sp³-hybridized carbons (Fsp3) is 0.929. The maximum atomic E-state index is 11.6. The van der Waals surface area contributed by atoms with Crippen LogP contribution in [0.1, 0.15) is 40.0 Å². The minimum Gasteiger partial charge on any atom is -0.390 e. The summed E-state index contributed by atoms with van der Waals surface area (Å²) in [4.78, 5) is 13.9. The molecule has 0 aromatic heterocycles. The van der Waals surface area contributed by atoms with E-state index in [1.807, 2.05) is 13.8 Å². The molecule has 0 bridgehead atoms. The number of piperidine rings is 1. The Morgan fingerprint density at radius 3 is 2.61 bits per heavy atom. The average Bonchev–Trinajstić information content (AvgIpc) is 2.37. The fourth-order valence-electron chi connectivity index (χ4n) is 2.19. The molecule has 106 valence electrons. The SMILES string of the molecule is CCC(C)C(=O)NCC(O)CN1CCC(C)CC1. The minimum atomic E-state index is -0.452. The Kier molecular flexibility index (Phi) is 6.65. The van der Waals surface area contributed by atoms with Gasteiger partial charge in [0, 0.05) is 19.0 Å². The van der Waals surface area contributed by atoms with E-state index in [0.717, 1.165) is 25.4 Å². The van der Waals surface area contributed by atoms with Crippen molar-refractivity contribution in [3.8, 4) is 0 Å². The number of carbonyl (C=O) groups is 1. The molecule has 1 fully saturated rings. The molecule has 1 rings (SSSR count). The number of carbonyl (C=O) groups excluding carboxylic acids is 1. The summed E-state index contributed by atoms with van der Waals surface area (Å²) in [6.07, 6.45) is 2.82. The van der Waals surface area contributed by atoms with Crippen molar-refractivity contribution in [2.75, 3.05) is 26.2 Å². The molecule has 2 unspecified atom stereocenters. The van der Waals surface area contributed by atoms with Crippen molar-refractivity contribution >= 4 is 5.91 Å². The first-order chi connectivity index (χ1) is 8.52. The summed E-state index contributed by atoms with van der Waals surface area (Å²) < 4.78 is 0. The number of nitrogens with zero attached hydrogens (tertiary/aromatic N) is 1. The van der Waals surface area contributed by atoms with Gasteiger partial charge in [0.1, 0.15) is 0 Å². The number of hydrogen-bond acceptors (Lipinski definition) is 3. The summed E-state index contributed by atoms with van der Waals surface area (Å²) in [6.45, 7) is 9.36. The van der Waals surface area contributed by atoms with Gasteiger partial charge in [0.15, 0.2) is 0 Å². The van der Waals surface area contributed by atoms with Gasteiger partial charge in [-0.2, -0.15) is 0 Å². The number of likely N-dealkylation sites (tertiary alicyclic amines) is 1. The second-order valence-corrected chi connectivity index (χ2v) is 5.69. The maximum Gasteiger partial charge on any atom is 0.222 e. The second-order valence-electron chi connectivity index (χ2n) is 5.69. The molecule has 0 radical (unpaired) electrons. The highest BCUT2D eigenvalue weighted by molar-refractivity contribution is 5.78. The number of hydrogen-bond donors (Lipinski definition) is 2. The third-order valence-electron chi connectivity index (χ3n) is 3.92. The van der Waals surface area contributed by atoms with Crippen LogP contribution in [0.15, 0.2) is 0 Å². The predicted octanol–water partition coefficient (Wildman–Crippen LogP) is 1.24. The molecule has 1 amide bonds. The zero-order valence-corrected chi connectivity index (χ0v) is 12.0. The lowest BCUT2D eigenvalue weighted by molar-refractivity contribution is -0.125. The van der Waals surface area contributed by atoms with Crippen LogP contribution in [0, 0.1) is 11.8 Å². The first-order valence-corrected chi connectivity index (χ1v) is 7.21. The van der Waals surface area contributed by atoms with Crippen LogP contribution in [-0.2, 0) is 4.79 Å². The Morgan fingerprint density at radius 1 is 1.44 bits per heavy atom. The average molecular weight is 256 g/mol. The van der Waals surface area contributed by atoms with Gasteiger partial charge in [0.05, 0.1) is 6.10 Å².